The Morgan fingerprint density at radius 2 is 1.91 bits per heavy atom. The molecule has 0 saturated carbocycles. The highest BCUT2D eigenvalue weighted by Gasteiger charge is 2.47. The van der Waals surface area contributed by atoms with Crippen molar-refractivity contribution in [3.8, 4) is 11.5 Å². The average Bonchev–Trinajstić information content (AvgIpc) is 3.41. The summed E-state index contributed by atoms with van der Waals surface area (Å²) in [4.78, 5) is 27.5. The molecule has 2 saturated heterocycles. The van der Waals surface area contributed by atoms with Crippen LogP contribution in [0.4, 0.5) is 4.39 Å². The summed E-state index contributed by atoms with van der Waals surface area (Å²) in [6, 6.07) is 9.64. The minimum atomic E-state index is -0.863. The van der Waals surface area contributed by atoms with Crippen LogP contribution in [0.5, 0.6) is 11.5 Å². The molecule has 168 valence electrons. The Morgan fingerprint density at radius 1 is 1.16 bits per heavy atom. The summed E-state index contributed by atoms with van der Waals surface area (Å²) in [6.07, 6.45) is 1.45. The molecular formula is C24H24FNO6. The molecule has 2 atom stereocenters. The van der Waals surface area contributed by atoms with Gasteiger partial charge in [0.25, 0.3) is 11.7 Å². The number of rotatable bonds is 6. The second-order valence-corrected chi connectivity index (χ2v) is 7.70. The molecule has 2 heterocycles. The maximum atomic E-state index is 14.0. The predicted octanol–water partition coefficient (Wildman–Crippen LogP) is 3.44. The van der Waals surface area contributed by atoms with Gasteiger partial charge in [-0.2, -0.15) is 0 Å². The predicted molar refractivity (Wildman–Crippen MR) is 114 cm³/mol. The maximum absolute atomic E-state index is 14.0. The molecule has 0 spiro atoms. The van der Waals surface area contributed by atoms with Crippen molar-refractivity contribution in [3.05, 3.63) is 65.0 Å². The van der Waals surface area contributed by atoms with E-state index in [4.69, 9.17) is 14.2 Å². The Hall–Kier alpha value is -3.39. The zero-order chi connectivity index (χ0) is 22.8. The molecule has 0 radical (unpaired) electrons. The van der Waals surface area contributed by atoms with E-state index in [1.54, 1.807) is 24.3 Å². The van der Waals surface area contributed by atoms with E-state index >= 15 is 0 Å². The summed E-state index contributed by atoms with van der Waals surface area (Å²) in [5, 5.41) is 11.1. The maximum Gasteiger partial charge on any atom is 0.295 e. The fraction of sp³-hybridized carbons (Fsp3) is 0.333. The van der Waals surface area contributed by atoms with Crippen LogP contribution >= 0.6 is 0 Å². The standard InChI is InChI=1S/C24H24FNO6/c1-30-16-8-5-14(6-9-16)21-20(22(27)18-12-15(25)7-10-19(18)31-2)23(28)24(29)26(21)13-17-4-3-11-32-17/h5-10,12,17,21,27H,3-4,11,13H2,1-2H3/b22-20+. The molecule has 2 fully saturated rings. The first-order valence-electron chi connectivity index (χ1n) is 10.3. The van der Waals surface area contributed by atoms with Crippen LogP contribution in [0, 0.1) is 5.82 Å². The van der Waals surface area contributed by atoms with E-state index in [0.29, 0.717) is 17.9 Å². The number of benzene rings is 2. The number of carbonyl (C=O) groups is 2. The van der Waals surface area contributed by atoms with E-state index in [1.165, 1.54) is 31.3 Å². The van der Waals surface area contributed by atoms with Crippen molar-refractivity contribution in [2.24, 2.45) is 0 Å². The highest BCUT2D eigenvalue weighted by molar-refractivity contribution is 6.46. The fourth-order valence-electron chi connectivity index (χ4n) is 4.22. The van der Waals surface area contributed by atoms with Crippen LogP contribution < -0.4 is 9.47 Å². The number of nitrogens with zero attached hydrogens (tertiary/aromatic N) is 1. The first-order chi connectivity index (χ1) is 15.4. The number of aliphatic hydroxyl groups is 1. The molecule has 2 aromatic carbocycles. The third-order valence-electron chi connectivity index (χ3n) is 5.81. The minimum absolute atomic E-state index is 0.00104. The van der Waals surface area contributed by atoms with Crippen LogP contribution in [0.25, 0.3) is 5.76 Å². The van der Waals surface area contributed by atoms with Crippen molar-refractivity contribution >= 4 is 17.4 Å². The van der Waals surface area contributed by atoms with Gasteiger partial charge in [0.2, 0.25) is 0 Å². The van der Waals surface area contributed by atoms with Crippen molar-refractivity contribution in [1.29, 1.82) is 0 Å². The van der Waals surface area contributed by atoms with Gasteiger partial charge in [0.15, 0.2) is 0 Å². The Labute approximate surface area is 185 Å². The fourth-order valence-corrected chi connectivity index (χ4v) is 4.22. The van der Waals surface area contributed by atoms with E-state index in [9.17, 15) is 19.1 Å². The molecular weight excluding hydrogens is 417 g/mol. The number of aliphatic hydroxyl groups excluding tert-OH is 1. The highest BCUT2D eigenvalue weighted by Crippen LogP contribution is 2.41. The summed E-state index contributed by atoms with van der Waals surface area (Å²) >= 11 is 0. The molecule has 8 heteroatoms. The van der Waals surface area contributed by atoms with E-state index < -0.39 is 29.3 Å². The van der Waals surface area contributed by atoms with Gasteiger partial charge >= 0.3 is 0 Å². The molecule has 0 aromatic heterocycles. The lowest BCUT2D eigenvalue weighted by Crippen LogP contribution is -2.36. The van der Waals surface area contributed by atoms with Crippen LogP contribution in [0.1, 0.15) is 30.0 Å². The zero-order valence-corrected chi connectivity index (χ0v) is 17.8. The van der Waals surface area contributed by atoms with Crippen molar-refractivity contribution in [1.82, 2.24) is 4.90 Å². The number of hydrogen-bond acceptors (Lipinski definition) is 6. The van der Waals surface area contributed by atoms with Gasteiger partial charge < -0.3 is 24.2 Å². The Bertz CT molecular complexity index is 1060. The van der Waals surface area contributed by atoms with Gasteiger partial charge in [-0.05, 0) is 48.7 Å². The monoisotopic (exact) mass is 441 g/mol. The largest absolute Gasteiger partial charge is 0.507 e. The van der Waals surface area contributed by atoms with Gasteiger partial charge in [-0.1, -0.05) is 12.1 Å². The second-order valence-electron chi connectivity index (χ2n) is 7.70. The molecule has 1 N–H and O–H groups in total. The van der Waals surface area contributed by atoms with Crippen molar-refractivity contribution in [3.63, 3.8) is 0 Å². The van der Waals surface area contributed by atoms with E-state index in [2.05, 4.69) is 0 Å². The Morgan fingerprint density at radius 3 is 2.53 bits per heavy atom. The van der Waals surface area contributed by atoms with Gasteiger partial charge in [-0.25, -0.2) is 4.39 Å². The first-order valence-corrected chi connectivity index (χ1v) is 10.3. The van der Waals surface area contributed by atoms with E-state index in [1.807, 2.05) is 0 Å². The zero-order valence-electron chi connectivity index (χ0n) is 17.8. The van der Waals surface area contributed by atoms with Crippen LogP contribution in [-0.4, -0.2) is 55.2 Å². The topological polar surface area (TPSA) is 85.3 Å². The summed E-state index contributed by atoms with van der Waals surface area (Å²) in [5.41, 5.74) is 0.489. The summed E-state index contributed by atoms with van der Waals surface area (Å²) in [6.45, 7) is 0.806. The summed E-state index contributed by atoms with van der Waals surface area (Å²) in [5.74, 6) is -1.89. The average molecular weight is 441 g/mol. The number of methoxy groups -OCH3 is 2. The number of carbonyl (C=O) groups excluding carboxylic acids is 2. The summed E-state index contributed by atoms with van der Waals surface area (Å²) in [7, 11) is 2.91. The van der Waals surface area contributed by atoms with Crippen LogP contribution in [-0.2, 0) is 14.3 Å². The van der Waals surface area contributed by atoms with Gasteiger partial charge in [0.1, 0.15) is 23.1 Å². The third kappa shape index (κ3) is 3.93. The van der Waals surface area contributed by atoms with Crippen molar-refractivity contribution < 1.29 is 33.3 Å². The SMILES string of the molecule is COc1ccc(C2/C(=C(\O)c3cc(F)ccc3OC)C(=O)C(=O)N2CC2CCCO2)cc1. The van der Waals surface area contributed by atoms with Crippen LogP contribution in [0.3, 0.4) is 0 Å². The smallest absolute Gasteiger partial charge is 0.295 e. The third-order valence-corrected chi connectivity index (χ3v) is 5.81. The molecule has 2 aromatic rings. The number of hydrogen-bond donors (Lipinski definition) is 1. The number of ether oxygens (including phenoxy) is 3. The summed E-state index contributed by atoms with van der Waals surface area (Å²) < 4.78 is 30.1. The molecule has 0 aliphatic carbocycles. The first kappa shape index (κ1) is 21.8. The quantitative estimate of drug-likeness (QED) is 0.420. The lowest BCUT2D eigenvalue weighted by Gasteiger charge is -2.27. The van der Waals surface area contributed by atoms with Crippen molar-refractivity contribution in [2.45, 2.75) is 25.0 Å². The highest BCUT2D eigenvalue weighted by atomic mass is 19.1. The van der Waals surface area contributed by atoms with Crippen molar-refractivity contribution in [2.75, 3.05) is 27.4 Å². The lowest BCUT2D eigenvalue weighted by molar-refractivity contribution is -0.140. The Kier molecular flexibility index (Phi) is 6.14. The van der Waals surface area contributed by atoms with Gasteiger partial charge in [-0.3, -0.25) is 9.59 Å². The molecule has 2 aliphatic heterocycles. The minimum Gasteiger partial charge on any atom is -0.507 e. The van der Waals surface area contributed by atoms with Crippen LogP contribution in [0.15, 0.2) is 48.0 Å². The molecule has 32 heavy (non-hydrogen) atoms. The number of ketones is 1. The number of Topliss-reactive ketones (excluding diaryl/α,β-unsaturated/α-hetero) is 1. The number of likely N-dealkylation sites (tertiary alicyclic amines) is 1. The normalized spacial score (nSPS) is 22.4. The molecule has 7 nitrogen and oxygen atoms in total. The molecule has 4 rings (SSSR count). The number of halogens is 1. The second kappa shape index (κ2) is 9.00. The van der Waals surface area contributed by atoms with Gasteiger partial charge in [0, 0.05) is 13.2 Å². The van der Waals surface area contributed by atoms with E-state index in [0.717, 1.165) is 18.9 Å². The molecule has 2 unspecified atom stereocenters. The van der Waals surface area contributed by atoms with Gasteiger partial charge in [-0.15, -0.1) is 0 Å². The lowest BCUT2D eigenvalue weighted by atomic mass is 9.94. The number of amides is 1. The molecule has 2 aliphatic rings. The molecule has 1 amide bonds. The van der Waals surface area contributed by atoms with Gasteiger partial charge in [0.05, 0.1) is 37.5 Å². The van der Waals surface area contributed by atoms with E-state index in [-0.39, 0.29) is 29.5 Å². The molecule has 0 bridgehead atoms. The van der Waals surface area contributed by atoms with Crippen LogP contribution in [0.2, 0.25) is 0 Å². The Balaban J connectivity index is 1.86.